The van der Waals surface area contributed by atoms with E-state index < -0.39 is 5.97 Å². The number of carbonyl (C=O) groups excluding carboxylic acids is 1. The number of Topliss-reactive ketones (excluding diaryl/α,β-unsaturated/α-hetero) is 1. The average molecular weight is 243 g/mol. The Morgan fingerprint density at radius 3 is 2.83 bits per heavy atom. The van der Waals surface area contributed by atoms with Crippen molar-refractivity contribution < 1.29 is 14.7 Å². The summed E-state index contributed by atoms with van der Waals surface area (Å²) in [6, 6.07) is 7.70. The van der Waals surface area contributed by atoms with Gasteiger partial charge in [-0.25, -0.2) is 0 Å². The molecule has 0 fully saturated rings. The monoisotopic (exact) mass is 243 g/mol. The molecule has 18 heavy (non-hydrogen) atoms. The van der Waals surface area contributed by atoms with Crippen molar-refractivity contribution in [1.29, 1.82) is 0 Å². The Morgan fingerprint density at radius 2 is 2.06 bits per heavy atom. The Bertz CT molecular complexity index is 654. The summed E-state index contributed by atoms with van der Waals surface area (Å²) in [6.07, 6.45) is 1.60. The number of ketones is 1. The lowest BCUT2D eigenvalue weighted by Crippen LogP contribution is -2.17. The SMILES string of the molecule is O=C(O)Cn1c2c(c3ccccc31)CC(=O)CC2. The normalized spacial score (nSPS) is 14.8. The van der Waals surface area contributed by atoms with E-state index in [2.05, 4.69) is 0 Å². The van der Waals surface area contributed by atoms with E-state index in [4.69, 9.17) is 5.11 Å². The van der Waals surface area contributed by atoms with Crippen molar-refractivity contribution in [3.05, 3.63) is 35.5 Å². The zero-order valence-electron chi connectivity index (χ0n) is 9.85. The number of aromatic nitrogens is 1. The third-order valence-corrected chi connectivity index (χ3v) is 3.50. The van der Waals surface area contributed by atoms with E-state index in [1.165, 1.54) is 0 Å². The first-order chi connectivity index (χ1) is 8.66. The largest absolute Gasteiger partial charge is 0.480 e. The topological polar surface area (TPSA) is 59.3 Å². The highest BCUT2D eigenvalue weighted by Gasteiger charge is 2.24. The number of carboxylic acid groups (broad SMARTS) is 1. The molecular weight excluding hydrogens is 230 g/mol. The van der Waals surface area contributed by atoms with Crippen molar-refractivity contribution in [1.82, 2.24) is 4.57 Å². The second-order valence-electron chi connectivity index (χ2n) is 4.64. The molecule has 0 saturated heterocycles. The summed E-state index contributed by atoms with van der Waals surface area (Å²) < 4.78 is 1.83. The summed E-state index contributed by atoms with van der Waals surface area (Å²) >= 11 is 0. The molecule has 92 valence electrons. The maximum absolute atomic E-state index is 11.6. The van der Waals surface area contributed by atoms with Gasteiger partial charge in [-0.05, 0) is 18.1 Å². The van der Waals surface area contributed by atoms with Gasteiger partial charge in [0.2, 0.25) is 0 Å². The Morgan fingerprint density at radius 1 is 1.28 bits per heavy atom. The average Bonchev–Trinajstić information content (AvgIpc) is 2.64. The molecule has 0 radical (unpaired) electrons. The molecule has 1 aliphatic rings. The highest BCUT2D eigenvalue weighted by atomic mass is 16.4. The van der Waals surface area contributed by atoms with Crippen molar-refractivity contribution >= 4 is 22.7 Å². The predicted molar refractivity (Wildman–Crippen MR) is 66.6 cm³/mol. The number of carbonyl (C=O) groups is 2. The molecular formula is C14H13NO3. The molecule has 1 N–H and O–H groups in total. The fourth-order valence-electron chi connectivity index (χ4n) is 2.77. The number of benzene rings is 1. The minimum atomic E-state index is -0.851. The standard InChI is InChI=1S/C14H13NO3/c16-9-5-6-13-11(7-9)10-3-1-2-4-12(10)15(13)8-14(17)18/h1-4H,5-8H2,(H,17,18). The van der Waals surface area contributed by atoms with Gasteiger partial charge < -0.3 is 9.67 Å². The Kier molecular flexibility index (Phi) is 2.44. The van der Waals surface area contributed by atoms with Crippen molar-refractivity contribution in [2.45, 2.75) is 25.8 Å². The lowest BCUT2D eigenvalue weighted by molar-refractivity contribution is -0.137. The van der Waals surface area contributed by atoms with Crippen LogP contribution in [0.3, 0.4) is 0 Å². The second-order valence-corrected chi connectivity index (χ2v) is 4.64. The fourth-order valence-corrected chi connectivity index (χ4v) is 2.77. The molecule has 4 heteroatoms. The van der Waals surface area contributed by atoms with Gasteiger partial charge in [0.15, 0.2) is 0 Å². The lowest BCUT2D eigenvalue weighted by Gasteiger charge is -2.14. The number of rotatable bonds is 2. The molecule has 4 nitrogen and oxygen atoms in total. The number of hydrogen-bond donors (Lipinski definition) is 1. The van der Waals surface area contributed by atoms with Crippen LogP contribution in [-0.2, 0) is 29.0 Å². The van der Waals surface area contributed by atoms with Gasteiger partial charge >= 0.3 is 5.97 Å². The zero-order valence-corrected chi connectivity index (χ0v) is 9.85. The summed E-state index contributed by atoms with van der Waals surface area (Å²) in [6.45, 7) is -0.0377. The third-order valence-electron chi connectivity index (χ3n) is 3.50. The highest BCUT2D eigenvalue weighted by Crippen LogP contribution is 2.30. The van der Waals surface area contributed by atoms with Crippen molar-refractivity contribution in [2.24, 2.45) is 0 Å². The molecule has 1 heterocycles. The van der Waals surface area contributed by atoms with Crippen LogP contribution in [0.15, 0.2) is 24.3 Å². The molecule has 1 aromatic carbocycles. The molecule has 0 spiro atoms. The van der Waals surface area contributed by atoms with Gasteiger partial charge in [0.1, 0.15) is 12.3 Å². The van der Waals surface area contributed by atoms with Gasteiger partial charge in [-0.15, -0.1) is 0 Å². The molecule has 0 bridgehead atoms. The van der Waals surface area contributed by atoms with E-state index in [-0.39, 0.29) is 12.3 Å². The Labute approximate surface area is 104 Å². The van der Waals surface area contributed by atoms with Gasteiger partial charge in [0.05, 0.1) is 0 Å². The van der Waals surface area contributed by atoms with Crippen LogP contribution in [0, 0.1) is 0 Å². The van der Waals surface area contributed by atoms with E-state index in [9.17, 15) is 9.59 Å². The zero-order chi connectivity index (χ0) is 12.7. The molecule has 2 aromatic rings. The fraction of sp³-hybridized carbons (Fsp3) is 0.286. The van der Waals surface area contributed by atoms with Crippen LogP contribution in [0.25, 0.3) is 10.9 Å². The molecule has 0 amide bonds. The van der Waals surface area contributed by atoms with Gasteiger partial charge in [0.25, 0.3) is 0 Å². The van der Waals surface area contributed by atoms with Crippen molar-refractivity contribution in [2.75, 3.05) is 0 Å². The van der Waals surface area contributed by atoms with Crippen LogP contribution < -0.4 is 0 Å². The molecule has 0 atom stereocenters. The first-order valence-electron chi connectivity index (χ1n) is 5.99. The molecule has 3 rings (SSSR count). The number of aliphatic carboxylic acids is 1. The highest BCUT2D eigenvalue weighted by molar-refractivity contribution is 5.93. The maximum atomic E-state index is 11.6. The first-order valence-corrected chi connectivity index (χ1v) is 5.99. The van der Waals surface area contributed by atoms with E-state index >= 15 is 0 Å². The third kappa shape index (κ3) is 1.61. The van der Waals surface area contributed by atoms with E-state index in [1.807, 2.05) is 28.8 Å². The van der Waals surface area contributed by atoms with Crippen LogP contribution in [0.4, 0.5) is 0 Å². The number of hydrogen-bond acceptors (Lipinski definition) is 2. The molecule has 0 aliphatic heterocycles. The van der Waals surface area contributed by atoms with E-state index in [0.717, 1.165) is 22.2 Å². The van der Waals surface area contributed by atoms with Crippen molar-refractivity contribution in [3.8, 4) is 0 Å². The number of fused-ring (bicyclic) bond motifs is 3. The maximum Gasteiger partial charge on any atom is 0.323 e. The second kappa shape index (κ2) is 3.98. The summed E-state index contributed by atoms with van der Waals surface area (Å²) in [5.41, 5.74) is 2.95. The summed E-state index contributed by atoms with van der Waals surface area (Å²) in [4.78, 5) is 22.5. The van der Waals surface area contributed by atoms with Crippen LogP contribution in [0.1, 0.15) is 17.7 Å². The van der Waals surface area contributed by atoms with Crippen LogP contribution >= 0.6 is 0 Å². The van der Waals surface area contributed by atoms with Crippen molar-refractivity contribution in [3.63, 3.8) is 0 Å². The number of nitrogens with zero attached hydrogens (tertiary/aromatic N) is 1. The predicted octanol–water partition coefficient (Wildman–Crippen LogP) is 1.78. The Hall–Kier alpha value is -2.10. The van der Waals surface area contributed by atoms with E-state index in [0.29, 0.717) is 19.3 Å². The molecule has 0 unspecified atom stereocenters. The Balaban J connectivity index is 2.27. The van der Waals surface area contributed by atoms with Crippen LogP contribution in [0.2, 0.25) is 0 Å². The minimum absolute atomic E-state index is 0.0377. The van der Waals surface area contributed by atoms with Crippen LogP contribution in [0.5, 0.6) is 0 Å². The number of para-hydroxylation sites is 1. The van der Waals surface area contributed by atoms with E-state index in [1.54, 1.807) is 0 Å². The quantitative estimate of drug-likeness (QED) is 0.874. The summed E-state index contributed by atoms with van der Waals surface area (Å²) in [5, 5.41) is 10.0. The van der Waals surface area contributed by atoms with Crippen LogP contribution in [-0.4, -0.2) is 21.4 Å². The van der Waals surface area contributed by atoms with Gasteiger partial charge in [-0.2, -0.15) is 0 Å². The smallest absolute Gasteiger partial charge is 0.323 e. The number of carboxylic acids is 1. The lowest BCUT2D eigenvalue weighted by atomic mass is 9.94. The first kappa shape index (κ1) is 11.0. The van der Waals surface area contributed by atoms with Gasteiger partial charge in [-0.3, -0.25) is 9.59 Å². The van der Waals surface area contributed by atoms with Gasteiger partial charge in [-0.1, -0.05) is 18.2 Å². The minimum Gasteiger partial charge on any atom is -0.480 e. The summed E-state index contributed by atoms with van der Waals surface area (Å²) in [5.74, 6) is -0.615. The molecule has 1 aromatic heterocycles. The van der Waals surface area contributed by atoms with Gasteiger partial charge in [0, 0.05) is 29.4 Å². The molecule has 1 aliphatic carbocycles. The molecule has 0 saturated carbocycles. The summed E-state index contributed by atoms with van der Waals surface area (Å²) in [7, 11) is 0.